The van der Waals surface area contributed by atoms with E-state index in [0.29, 0.717) is 11.3 Å². The van der Waals surface area contributed by atoms with Crippen LogP contribution in [0.25, 0.3) is 0 Å². The Morgan fingerprint density at radius 3 is 2.52 bits per heavy atom. The Balaban J connectivity index is 1.94. The molecule has 1 spiro atoms. The van der Waals surface area contributed by atoms with Crippen LogP contribution in [0.2, 0.25) is 0 Å². The quantitative estimate of drug-likeness (QED) is 0.771. The second-order valence-corrected chi connectivity index (χ2v) is 5.26. The number of hydrogen-bond acceptors (Lipinski definition) is 3. The summed E-state index contributed by atoms with van der Waals surface area (Å²) < 4.78 is 0. The standard InChI is InChI=1S/C16H13N3O2/c1-19-13-9-5-3-7-11(13)16(15(19)21)17-12-8-4-2-6-10(12)14(20)18-16/h2-9,17H,1H3,(H,18,20)/t16-/m1/s1. The van der Waals surface area contributed by atoms with Gasteiger partial charge in [-0.25, -0.2) is 0 Å². The van der Waals surface area contributed by atoms with Gasteiger partial charge < -0.3 is 15.5 Å². The van der Waals surface area contributed by atoms with E-state index < -0.39 is 5.66 Å². The first-order valence-corrected chi connectivity index (χ1v) is 6.71. The summed E-state index contributed by atoms with van der Waals surface area (Å²) in [7, 11) is 1.71. The summed E-state index contributed by atoms with van der Waals surface area (Å²) in [6, 6.07) is 14.7. The largest absolute Gasteiger partial charge is 0.350 e. The number of para-hydroxylation sites is 2. The maximum atomic E-state index is 12.7. The Kier molecular flexibility index (Phi) is 2.19. The number of amides is 2. The molecule has 104 valence electrons. The number of benzene rings is 2. The van der Waals surface area contributed by atoms with Gasteiger partial charge in [0.15, 0.2) is 0 Å². The van der Waals surface area contributed by atoms with Crippen molar-refractivity contribution in [3.63, 3.8) is 0 Å². The van der Waals surface area contributed by atoms with E-state index in [-0.39, 0.29) is 11.8 Å². The van der Waals surface area contributed by atoms with Crippen LogP contribution in [0.15, 0.2) is 48.5 Å². The van der Waals surface area contributed by atoms with Gasteiger partial charge in [0.25, 0.3) is 11.8 Å². The molecule has 21 heavy (non-hydrogen) atoms. The van der Waals surface area contributed by atoms with E-state index in [0.717, 1.165) is 11.3 Å². The van der Waals surface area contributed by atoms with Crippen molar-refractivity contribution in [3.8, 4) is 0 Å². The predicted octanol–water partition coefficient (Wildman–Crippen LogP) is 1.67. The summed E-state index contributed by atoms with van der Waals surface area (Å²) >= 11 is 0. The molecule has 0 saturated carbocycles. The highest BCUT2D eigenvalue weighted by molar-refractivity contribution is 6.14. The molecule has 2 aromatic rings. The highest BCUT2D eigenvalue weighted by atomic mass is 16.2. The first-order valence-electron chi connectivity index (χ1n) is 6.71. The summed E-state index contributed by atoms with van der Waals surface area (Å²) in [4.78, 5) is 26.7. The Labute approximate surface area is 121 Å². The Morgan fingerprint density at radius 1 is 0.952 bits per heavy atom. The third-order valence-corrected chi connectivity index (χ3v) is 4.09. The van der Waals surface area contributed by atoms with Gasteiger partial charge in [0.05, 0.1) is 11.3 Å². The summed E-state index contributed by atoms with van der Waals surface area (Å²) in [6.07, 6.45) is 0. The molecule has 0 radical (unpaired) electrons. The van der Waals surface area contributed by atoms with Crippen LogP contribution in [0.5, 0.6) is 0 Å². The van der Waals surface area contributed by atoms with Gasteiger partial charge in [-0.15, -0.1) is 0 Å². The smallest absolute Gasteiger partial charge is 0.278 e. The summed E-state index contributed by atoms with van der Waals surface area (Å²) in [5.41, 5.74) is 1.56. The molecular formula is C16H13N3O2. The van der Waals surface area contributed by atoms with Crippen molar-refractivity contribution in [2.24, 2.45) is 0 Å². The molecule has 2 aliphatic heterocycles. The summed E-state index contributed by atoms with van der Waals surface area (Å²) in [5, 5.41) is 6.06. The van der Waals surface area contributed by atoms with Crippen LogP contribution in [-0.4, -0.2) is 18.9 Å². The molecule has 0 aliphatic carbocycles. The van der Waals surface area contributed by atoms with Gasteiger partial charge in [-0.2, -0.15) is 0 Å². The fourth-order valence-corrected chi connectivity index (χ4v) is 3.06. The zero-order valence-electron chi connectivity index (χ0n) is 11.4. The number of likely N-dealkylation sites (N-methyl/N-ethyl adjacent to an activating group) is 1. The van der Waals surface area contributed by atoms with Crippen LogP contribution in [0, 0.1) is 0 Å². The van der Waals surface area contributed by atoms with Gasteiger partial charge in [-0.1, -0.05) is 30.3 Å². The number of carbonyl (C=O) groups excluding carboxylic acids is 2. The molecule has 5 heteroatoms. The maximum absolute atomic E-state index is 12.7. The van der Waals surface area contributed by atoms with Crippen molar-refractivity contribution in [3.05, 3.63) is 59.7 Å². The van der Waals surface area contributed by atoms with Crippen LogP contribution < -0.4 is 15.5 Å². The second kappa shape index (κ2) is 3.85. The average Bonchev–Trinajstić information content (AvgIpc) is 2.71. The fourth-order valence-electron chi connectivity index (χ4n) is 3.06. The van der Waals surface area contributed by atoms with E-state index >= 15 is 0 Å². The molecule has 2 aliphatic rings. The number of rotatable bonds is 0. The van der Waals surface area contributed by atoms with Crippen LogP contribution in [0.1, 0.15) is 15.9 Å². The molecule has 0 fully saturated rings. The van der Waals surface area contributed by atoms with Crippen molar-refractivity contribution in [1.29, 1.82) is 0 Å². The van der Waals surface area contributed by atoms with Crippen LogP contribution in [0.3, 0.4) is 0 Å². The molecule has 0 bridgehead atoms. The van der Waals surface area contributed by atoms with E-state index in [1.165, 1.54) is 0 Å². The molecule has 0 saturated heterocycles. The highest BCUT2D eigenvalue weighted by Crippen LogP contribution is 2.42. The zero-order valence-corrected chi connectivity index (χ0v) is 11.4. The van der Waals surface area contributed by atoms with E-state index in [9.17, 15) is 9.59 Å². The van der Waals surface area contributed by atoms with Crippen LogP contribution in [0.4, 0.5) is 11.4 Å². The number of fused-ring (bicyclic) bond motifs is 3. The first kappa shape index (κ1) is 12.0. The molecule has 2 heterocycles. The zero-order chi connectivity index (χ0) is 14.6. The molecule has 2 N–H and O–H groups in total. The summed E-state index contributed by atoms with van der Waals surface area (Å²) in [6.45, 7) is 0. The van der Waals surface area contributed by atoms with E-state index in [1.54, 1.807) is 24.1 Å². The molecule has 2 aromatic carbocycles. The van der Waals surface area contributed by atoms with Crippen LogP contribution in [-0.2, 0) is 10.5 Å². The first-order chi connectivity index (χ1) is 10.1. The second-order valence-electron chi connectivity index (χ2n) is 5.26. The van der Waals surface area contributed by atoms with Crippen molar-refractivity contribution in [1.82, 2.24) is 5.32 Å². The number of nitrogens with one attached hydrogen (secondary N) is 2. The Hall–Kier alpha value is -2.82. The molecular weight excluding hydrogens is 266 g/mol. The number of hydrogen-bond donors (Lipinski definition) is 2. The maximum Gasteiger partial charge on any atom is 0.278 e. The molecule has 2 amide bonds. The predicted molar refractivity (Wildman–Crippen MR) is 79.1 cm³/mol. The van der Waals surface area contributed by atoms with E-state index in [2.05, 4.69) is 10.6 Å². The lowest BCUT2D eigenvalue weighted by molar-refractivity contribution is -0.122. The molecule has 0 unspecified atom stereocenters. The third-order valence-electron chi connectivity index (χ3n) is 4.09. The van der Waals surface area contributed by atoms with Crippen molar-refractivity contribution in [2.75, 3.05) is 17.3 Å². The van der Waals surface area contributed by atoms with Gasteiger partial charge in [0, 0.05) is 18.3 Å². The van der Waals surface area contributed by atoms with Crippen molar-refractivity contribution < 1.29 is 9.59 Å². The highest BCUT2D eigenvalue weighted by Gasteiger charge is 2.53. The SMILES string of the molecule is CN1C(=O)[C@]2(NC(=O)c3ccccc3N2)c2ccccc21. The average molecular weight is 279 g/mol. The van der Waals surface area contributed by atoms with Gasteiger partial charge >= 0.3 is 0 Å². The lowest BCUT2D eigenvalue weighted by atomic mass is 9.96. The monoisotopic (exact) mass is 279 g/mol. The number of nitrogens with zero attached hydrogens (tertiary/aromatic N) is 1. The van der Waals surface area contributed by atoms with Gasteiger partial charge in [0.1, 0.15) is 0 Å². The van der Waals surface area contributed by atoms with Crippen LogP contribution >= 0.6 is 0 Å². The Bertz CT molecular complexity index is 787. The van der Waals surface area contributed by atoms with E-state index in [1.807, 2.05) is 36.4 Å². The number of carbonyl (C=O) groups is 2. The van der Waals surface area contributed by atoms with Gasteiger partial charge in [0.2, 0.25) is 5.66 Å². The number of anilines is 2. The molecule has 4 rings (SSSR count). The molecule has 0 aromatic heterocycles. The van der Waals surface area contributed by atoms with Crippen molar-refractivity contribution >= 4 is 23.2 Å². The van der Waals surface area contributed by atoms with Crippen molar-refractivity contribution in [2.45, 2.75) is 5.66 Å². The Morgan fingerprint density at radius 2 is 1.67 bits per heavy atom. The van der Waals surface area contributed by atoms with E-state index in [4.69, 9.17) is 0 Å². The molecule has 5 nitrogen and oxygen atoms in total. The summed E-state index contributed by atoms with van der Waals surface area (Å²) in [5.74, 6) is -0.436. The minimum absolute atomic E-state index is 0.188. The van der Waals surface area contributed by atoms with Gasteiger partial charge in [-0.05, 0) is 18.2 Å². The van der Waals surface area contributed by atoms with Gasteiger partial charge in [-0.3, -0.25) is 9.59 Å². The lowest BCUT2D eigenvalue weighted by Gasteiger charge is -2.36. The minimum Gasteiger partial charge on any atom is -0.350 e. The minimum atomic E-state index is -1.21. The lowest BCUT2D eigenvalue weighted by Crippen LogP contribution is -2.60. The normalized spacial score (nSPS) is 22.6. The topological polar surface area (TPSA) is 61.4 Å². The molecule has 1 atom stereocenters. The fraction of sp³-hybridized carbons (Fsp3) is 0.125. The third kappa shape index (κ3) is 1.40.